The molecular weight excluding hydrogens is 212 g/mol. The van der Waals surface area contributed by atoms with E-state index in [1.54, 1.807) is 6.20 Å². The highest BCUT2D eigenvalue weighted by Gasteiger charge is 2.02. The summed E-state index contributed by atoms with van der Waals surface area (Å²) >= 11 is 0. The maximum atomic E-state index is 8.72. The Kier molecular flexibility index (Phi) is 3.53. The molecule has 2 N–H and O–H groups in total. The monoisotopic (exact) mass is 226 g/mol. The van der Waals surface area contributed by atoms with Gasteiger partial charge >= 0.3 is 0 Å². The third-order valence-electron chi connectivity index (χ3n) is 2.61. The fourth-order valence-corrected chi connectivity index (χ4v) is 1.72. The largest absolute Gasteiger partial charge is 0.330 e. The van der Waals surface area contributed by atoms with Crippen molar-refractivity contribution in [3.05, 3.63) is 53.6 Å². The molecule has 0 bridgehead atoms. The molecule has 1 aromatic carbocycles. The summed E-state index contributed by atoms with van der Waals surface area (Å²) in [4.78, 5) is 4.27. The van der Waals surface area contributed by atoms with E-state index in [4.69, 9.17) is 11.0 Å². The third-order valence-corrected chi connectivity index (χ3v) is 2.61. The lowest BCUT2D eigenvalue weighted by Gasteiger charge is -2.07. The van der Waals surface area contributed by atoms with E-state index >= 15 is 0 Å². The zero-order chi connectivity index (χ0) is 12.1. The van der Waals surface area contributed by atoms with E-state index in [-0.39, 0.29) is 0 Å². The fraction of sp³-hybridized carbons (Fsp3) is 0.231. The number of rotatable bonds is 4. The number of aromatic nitrogens is 2. The normalized spacial score (nSPS) is 10.1. The number of hydrogen-bond acceptors (Lipinski definition) is 3. The molecule has 1 heterocycles. The molecule has 0 radical (unpaired) electrons. The van der Waals surface area contributed by atoms with Crippen LogP contribution in [0.15, 0.2) is 36.7 Å². The van der Waals surface area contributed by atoms with Crippen LogP contribution in [0.2, 0.25) is 0 Å². The highest BCUT2D eigenvalue weighted by molar-refractivity contribution is 5.31. The van der Waals surface area contributed by atoms with Crippen molar-refractivity contribution in [3.63, 3.8) is 0 Å². The summed E-state index contributed by atoms with van der Waals surface area (Å²) in [5.74, 6) is 0.997. The Bertz CT molecular complexity index is 519. The summed E-state index contributed by atoms with van der Waals surface area (Å²) in [7, 11) is 0. The molecule has 17 heavy (non-hydrogen) atoms. The average Bonchev–Trinajstić information content (AvgIpc) is 2.78. The van der Waals surface area contributed by atoms with Gasteiger partial charge in [0.2, 0.25) is 0 Å². The maximum absolute atomic E-state index is 8.72. The van der Waals surface area contributed by atoms with Crippen molar-refractivity contribution in [1.29, 1.82) is 5.26 Å². The first-order valence-electron chi connectivity index (χ1n) is 5.52. The Balaban J connectivity index is 2.14. The molecule has 0 saturated heterocycles. The number of benzene rings is 1. The van der Waals surface area contributed by atoms with Crippen LogP contribution in [-0.4, -0.2) is 16.1 Å². The molecule has 4 nitrogen and oxygen atoms in total. The minimum absolute atomic E-state index is 0.602. The number of nitriles is 1. The van der Waals surface area contributed by atoms with Crippen LogP contribution in [0.3, 0.4) is 0 Å². The first-order chi connectivity index (χ1) is 8.33. The van der Waals surface area contributed by atoms with Crippen molar-refractivity contribution in [3.8, 4) is 6.07 Å². The number of imidazole rings is 1. The zero-order valence-corrected chi connectivity index (χ0v) is 9.50. The van der Waals surface area contributed by atoms with E-state index in [0.29, 0.717) is 12.1 Å². The molecule has 0 spiro atoms. The molecule has 2 rings (SSSR count). The predicted molar refractivity (Wildman–Crippen MR) is 65.2 cm³/mol. The first-order valence-corrected chi connectivity index (χ1v) is 5.52. The van der Waals surface area contributed by atoms with Crippen molar-refractivity contribution in [2.24, 2.45) is 5.73 Å². The highest BCUT2D eigenvalue weighted by atomic mass is 15.1. The summed E-state index contributed by atoms with van der Waals surface area (Å²) in [5, 5.41) is 8.72. The van der Waals surface area contributed by atoms with Crippen molar-refractivity contribution in [1.82, 2.24) is 9.55 Å². The molecule has 0 aliphatic rings. The topological polar surface area (TPSA) is 67.6 Å². The molecule has 0 fully saturated rings. The van der Waals surface area contributed by atoms with E-state index in [0.717, 1.165) is 24.4 Å². The SMILES string of the molecule is N#Cc1ccc(Cn2ccnc2CCN)cc1. The van der Waals surface area contributed by atoms with Gasteiger partial charge < -0.3 is 10.3 Å². The molecule has 0 aliphatic heterocycles. The van der Waals surface area contributed by atoms with Crippen molar-refractivity contribution < 1.29 is 0 Å². The maximum Gasteiger partial charge on any atom is 0.110 e. The van der Waals surface area contributed by atoms with Gasteiger partial charge in [0.25, 0.3) is 0 Å². The van der Waals surface area contributed by atoms with Gasteiger partial charge in [0, 0.05) is 25.4 Å². The van der Waals surface area contributed by atoms with Crippen molar-refractivity contribution in [2.75, 3.05) is 6.54 Å². The van der Waals surface area contributed by atoms with Crippen LogP contribution < -0.4 is 5.73 Å². The Morgan fingerprint density at radius 2 is 2.06 bits per heavy atom. The molecule has 1 aromatic heterocycles. The molecule has 2 aromatic rings. The smallest absolute Gasteiger partial charge is 0.110 e. The van der Waals surface area contributed by atoms with Gasteiger partial charge in [-0.05, 0) is 24.2 Å². The summed E-state index contributed by atoms with van der Waals surface area (Å²) in [6.07, 6.45) is 4.51. The average molecular weight is 226 g/mol. The molecule has 0 amide bonds. The highest BCUT2D eigenvalue weighted by Crippen LogP contribution is 2.07. The second kappa shape index (κ2) is 5.28. The van der Waals surface area contributed by atoms with Crippen LogP contribution in [-0.2, 0) is 13.0 Å². The summed E-state index contributed by atoms with van der Waals surface area (Å²) in [6.45, 7) is 1.37. The molecule has 0 saturated carbocycles. The molecular formula is C13H14N4. The van der Waals surface area contributed by atoms with Crippen molar-refractivity contribution >= 4 is 0 Å². The number of hydrogen-bond donors (Lipinski definition) is 1. The van der Waals surface area contributed by atoms with Gasteiger partial charge in [-0.15, -0.1) is 0 Å². The molecule has 4 heteroatoms. The molecule has 86 valence electrons. The Morgan fingerprint density at radius 1 is 1.29 bits per heavy atom. The molecule has 0 atom stereocenters. The fourth-order valence-electron chi connectivity index (χ4n) is 1.72. The van der Waals surface area contributed by atoms with Gasteiger partial charge in [0.1, 0.15) is 5.82 Å². The lowest BCUT2D eigenvalue weighted by Crippen LogP contribution is -2.10. The van der Waals surface area contributed by atoms with Crippen molar-refractivity contribution in [2.45, 2.75) is 13.0 Å². The third kappa shape index (κ3) is 2.71. The summed E-state index contributed by atoms with van der Waals surface area (Å²) in [6, 6.07) is 9.69. The Labute approximate surface area is 100 Å². The van der Waals surface area contributed by atoms with Crippen LogP contribution in [0, 0.1) is 11.3 Å². The van der Waals surface area contributed by atoms with E-state index in [2.05, 4.69) is 15.6 Å². The summed E-state index contributed by atoms with van der Waals surface area (Å²) in [5.41, 5.74) is 7.37. The van der Waals surface area contributed by atoms with Gasteiger partial charge in [-0.3, -0.25) is 0 Å². The van der Waals surface area contributed by atoms with E-state index in [9.17, 15) is 0 Å². The zero-order valence-electron chi connectivity index (χ0n) is 9.50. The van der Waals surface area contributed by atoms with E-state index in [1.807, 2.05) is 30.5 Å². The molecule has 0 unspecified atom stereocenters. The predicted octanol–water partition coefficient (Wildman–Crippen LogP) is 1.30. The van der Waals surface area contributed by atoms with Gasteiger partial charge in [-0.25, -0.2) is 4.98 Å². The second-order valence-corrected chi connectivity index (χ2v) is 3.82. The quantitative estimate of drug-likeness (QED) is 0.854. The van der Waals surface area contributed by atoms with Crippen LogP contribution in [0.25, 0.3) is 0 Å². The Hall–Kier alpha value is -2.12. The van der Waals surface area contributed by atoms with Crippen LogP contribution in [0.5, 0.6) is 0 Å². The van der Waals surface area contributed by atoms with Crippen LogP contribution in [0.1, 0.15) is 17.0 Å². The van der Waals surface area contributed by atoms with E-state index < -0.39 is 0 Å². The van der Waals surface area contributed by atoms with Gasteiger partial charge in [-0.2, -0.15) is 5.26 Å². The number of nitrogens with two attached hydrogens (primary N) is 1. The van der Waals surface area contributed by atoms with Crippen LogP contribution in [0.4, 0.5) is 0 Å². The van der Waals surface area contributed by atoms with Gasteiger partial charge in [0.15, 0.2) is 0 Å². The van der Waals surface area contributed by atoms with Gasteiger partial charge in [-0.1, -0.05) is 12.1 Å². The minimum Gasteiger partial charge on any atom is -0.330 e. The van der Waals surface area contributed by atoms with E-state index in [1.165, 1.54) is 0 Å². The lowest BCUT2D eigenvalue weighted by atomic mass is 10.1. The first kappa shape index (κ1) is 11.4. The molecule has 0 aliphatic carbocycles. The minimum atomic E-state index is 0.602. The number of nitrogens with zero attached hydrogens (tertiary/aromatic N) is 3. The van der Waals surface area contributed by atoms with Gasteiger partial charge in [0.05, 0.1) is 11.6 Å². The second-order valence-electron chi connectivity index (χ2n) is 3.82. The van der Waals surface area contributed by atoms with Crippen LogP contribution >= 0.6 is 0 Å². The standard InChI is InChI=1S/C13H14N4/c14-6-5-13-16-7-8-17(13)10-12-3-1-11(9-15)2-4-12/h1-4,7-8H,5-6,10,14H2. The Morgan fingerprint density at radius 3 is 2.71 bits per heavy atom. The lowest BCUT2D eigenvalue weighted by molar-refractivity contribution is 0.716. The summed E-state index contributed by atoms with van der Waals surface area (Å²) < 4.78 is 2.08.